The van der Waals surface area contributed by atoms with E-state index in [0.717, 1.165) is 46.5 Å². The van der Waals surface area contributed by atoms with Gasteiger partial charge in [0.05, 0.1) is 0 Å². The molecule has 2 N–H and O–H groups in total. The predicted octanol–water partition coefficient (Wildman–Crippen LogP) is 5.92. The van der Waals surface area contributed by atoms with Crippen molar-refractivity contribution in [3.05, 3.63) is 52.0 Å². The van der Waals surface area contributed by atoms with E-state index in [9.17, 15) is 14.4 Å². The number of esters is 2. The molecule has 36 heavy (non-hydrogen) atoms. The van der Waals surface area contributed by atoms with Crippen LogP contribution in [0.15, 0.2) is 29.5 Å². The minimum atomic E-state index is -0.688. The third-order valence-corrected chi connectivity index (χ3v) is 6.30. The lowest BCUT2D eigenvalue weighted by atomic mass is 9.95. The molecule has 1 amide bonds. The summed E-state index contributed by atoms with van der Waals surface area (Å²) in [6.07, 6.45) is 4.84. The van der Waals surface area contributed by atoms with Gasteiger partial charge >= 0.3 is 11.9 Å². The Labute approximate surface area is 219 Å². The molecule has 1 aromatic rings. The number of ether oxygens (including phenoxy) is 2. The third-order valence-electron chi connectivity index (χ3n) is 6.03. The van der Waals surface area contributed by atoms with Crippen LogP contribution >= 0.6 is 11.6 Å². The van der Waals surface area contributed by atoms with E-state index in [0.29, 0.717) is 36.4 Å². The molecule has 0 spiro atoms. The fourth-order valence-electron chi connectivity index (χ4n) is 4.30. The fraction of sp³-hybridized carbons (Fsp3) is 0.536. The average Bonchev–Trinajstić information content (AvgIpc) is 3.28. The summed E-state index contributed by atoms with van der Waals surface area (Å²) in [6.45, 7) is 14.9. The Hall–Kier alpha value is -2.80. The van der Waals surface area contributed by atoms with Crippen LogP contribution in [0.25, 0.3) is 5.57 Å². The highest BCUT2D eigenvalue weighted by Gasteiger charge is 2.30. The molecular formula is C28H39ClN2O5. The van der Waals surface area contributed by atoms with Crippen LogP contribution in [0, 0.1) is 6.92 Å². The quantitative estimate of drug-likeness (QED) is 0.155. The normalized spacial score (nSPS) is 15.1. The molecule has 2 rings (SSSR count). The van der Waals surface area contributed by atoms with Gasteiger partial charge < -0.3 is 19.8 Å². The molecule has 2 heterocycles. The van der Waals surface area contributed by atoms with Gasteiger partial charge in [-0.1, -0.05) is 19.6 Å². The molecule has 0 bridgehead atoms. The number of aromatic nitrogens is 1. The lowest BCUT2D eigenvalue weighted by molar-refractivity contribution is -0.142. The van der Waals surface area contributed by atoms with Gasteiger partial charge in [0.15, 0.2) is 0 Å². The summed E-state index contributed by atoms with van der Waals surface area (Å²) in [5.41, 5.74) is 5.26. The van der Waals surface area contributed by atoms with Crippen molar-refractivity contribution in [3.63, 3.8) is 0 Å². The molecular weight excluding hydrogens is 480 g/mol. The Morgan fingerprint density at radius 2 is 1.81 bits per heavy atom. The number of rotatable bonds is 12. The zero-order chi connectivity index (χ0) is 27.0. The van der Waals surface area contributed by atoms with Gasteiger partial charge in [-0.15, -0.1) is 11.6 Å². The van der Waals surface area contributed by atoms with Gasteiger partial charge in [-0.25, -0.2) is 4.79 Å². The van der Waals surface area contributed by atoms with Gasteiger partial charge in [0.2, 0.25) is 0 Å². The van der Waals surface area contributed by atoms with Crippen LogP contribution in [-0.4, -0.2) is 40.9 Å². The van der Waals surface area contributed by atoms with E-state index in [1.165, 1.54) is 6.08 Å². The second kappa shape index (κ2) is 12.9. The molecule has 7 nitrogen and oxygen atoms in total. The van der Waals surface area contributed by atoms with Gasteiger partial charge in [0, 0.05) is 29.3 Å². The largest absolute Gasteiger partial charge is 0.461 e. The van der Waals surface area contributed by atoms with E-state index in [-0.39, 0.29) is 24.9 Å². The Bertz CT molecular complexity index is 1070. The van der Waals surface area contributed by atoms with Crippen molar-refractivity contribution in [1.82, 2.24) is 10.3 Å². The minimum Gasteiger partial charge on any atom is -0.461 e. The molecule has 0 saturated carbocycles. The first-order valence-corrected chi connectivity index (χ1v) is 13.0. The maximum absolute atomic E-state index is 13.2. The monoisotopic (exact) mass is 518 g/mol. The third kappa shape index (κ3) is 7.36. The summed E-state index contributed by atoms with van der Waals surface area (Å²) in [5.74, 6) is -0.424. The van der Waals surface area contributed by atoms with Gasteiger partial charge in [-0.3, -0.25) is 9.59 Å². The summed E-state index contributed by atoms with van der Waals surface area (Å²) in [4.78, 5) is 41.3. The van der Waals surface area contributed by atoms with Crippen LogP contribution in [0.1, 0.15) is 94.0 Å². The molecule has 198 valence electrons. The zero-order valence-corrected chi connectivity index (χ0v) is 23.1. The van der Waals surface area contributed by atoms with Crippen molar-refractivity contribution in [1.29, 1.82) is 0 Å². The molecule has 8 heteroatoms. The second-order valence-electron chi connectivity index (χ2n) is 9.86. The topological polar surface area (TPSA) is 97.5 Å². The van der Waals surface area contributed by atoms with Gasteiger partial charge in [-0.2, -0.15) is 0 Å². The van der Waals surface area contributed by atoms with Crippen LogP contribution < -0.4 is 5.32 Å². The number of carbonyl (C=O) groups is 3. The van der Waals surface area contributed by atoms with Gasteiger partial charge in [-0.05, 0) is 89.0 Å². The maximum Gasteiger partial charge on any atom is 0.355 e. The Kier molecular flexibility index (Phi) is 10.6. The van der Waals surface area contributed by atoms with Crippen LogP contribution in [0.4, 0.5) is 0 Å². The number of hydrogen-bond donors (Lipinski definition) is 2. The predicted molar refractivity (Wildman–Crippen MR) is 143 cm³/mol. The first-order chi connectivity index (χ1) is 16.9. The lowest BCUT2D eigenvalue weighted by Gasteiger charge is -2.19. The smallest absolute Gasteiger partial charge is 0.355 e. The fourth-order valence-corrected chi connectivity index (χ4v) is 4.49. The Morgan fingerprint density at radius 1 is 1.11 bits per heavy atom. The van der Waals surface area contributed by atoms with Crippen molar-refractivity contribution in [3.8, 4) is 0 Å². The number of H-pyrrole nitrogens is 1. The van der Waals surface area contributed by atoms with E-state index < -0.39 is 11.6 Å². The van der Waals surface area contributed by atoms with Gasteiger partial charge in [0.25, 0.3) is 5.91 Å². The van der Waals surface area contributed by atoms with E-state index in [2.05, 4.69) is 16.9 Å². The lowest BCUT2D eigenvalue weighted by Crippen LogP contribution is -2.25. The SMILES string of the molecule is C=CCOC(=O)CCc1c(C(=O)OC(C)(C)C)[nH]c(/C(CCCCCl)=C2/NC(=O)C(CC)=C2C)c1C. The zero-order valence-electron chi connectivity index (χ0n) is 22.4. The molecule has 1 aliphatic rings. The first kappa shape index (κ1) is 29.4. The molecule has 0 radical (unpaired) electrons. The standard InChI is InChI=1S/C28H39ClN2O5/c1-8-16-35-22(32)14-13-20-18(4)23(30-25(20)27(34)36-28(5,6)7)21(12-10-11-15-29)24-17(3)19(9-2)26(33)31-24/h8,30H,1,9-16H2,2-7H3,(H,31,33)/b24-21+. The van der Waals surface area contributed by atoms with Crippen molar-refractivity contribution < 1.29 is 23.9 Å². The molecule has 0 atom stereocenters. The molecule has 0 aliphatic carbocycles. The molecule has 0 aromatic carbocycles. The molecule has 0 fully saturated rings. The van der Waals surface area contributed by atoms with Crippen LogP contribution in [0.3, 0.4) is 0 Å². The van der Waals surface area contributed by atoms with Crippen molar-refractivity contribution in [2.75, 3.05) is 12.5 Å². The molecule has 1 aliphatic heterocycles. The van der Waals surface area contributed by atoms with Crippen LogP contribution in [-0.2, 0) is 25.5 Å². The first-order valence-electron chi connectivity index (χ1n) is 12.5. The number of carbonyl (C=O) groups excluding carboxylic acids is 3. The number of halogens is 1. The van der Waals surface area contributed by atoms with Crippen molar-refractivity contribution >= 4 is 35.0 Å². The summed E-state index contributed by atoms with van der Waals surface area (Å²) < 4.78 is 10.8. The Morgan fingerprint density at radius 3 is 2.36 bits per heavy atom. The second-order valence-corrected chi connectivity index (χ2v) is 10.2. The van der Waals surface area contributed by atoms with E-state index in [1.54, 1.807) is 0 Å². The number of allylic oxidation sites excluding steroid dienone is 2. The van der Waals surface area contributed by atoms with Gasteiger partial charge in [0.1, 0.15) is 17.9 Å². The number of alkyl halides is 1. The van der Waals surface area contributed by atoms with Crippen LogP contribution in [0.5, 0.6) is 0 Å². The molecule has 1 aromatic heterocycles. The summed E-state index contributed by atoms with van der Waals surface area (Å²) >= 11 is 5.94. The minimum absolute atomic E-state index is 0.0957. The van der Waals surface area contributed by atoms with Crippen molar-refractivity contribution in [2.45, 2.75) is 85.7 Å². The van der Waals surface area contributed by atoms with Crippen molar-refractivity contribution in [2.24, 2.45) is 0 Å². The van der Waals surface area contributed by atoms with E-state index in [4.69, 9.17) is 21.1 Å². The highest BCUT2D eigenvalue weighted by molar-refractivity contribution is 6.17. The summed E-state index contributed by atoms with van der Waals surface area (Å²) in [6, 6.07) is 0. The summed E-state index contributed by atoms with van der Waals surface area (Å²) in [7, 11) is 0. The highest BCUT2D eigenvalue weighted by atomic mass is 35.5. The highest BCUT2D eigenvalue weighted by Crippen LogP contribution is 2.36. The molecule has 0 saturated heterocycles. The summed E-state index contributed by atoms with van der Waals surface area (Å²) in [5, 5.41) is 3.04. The maximum atomic E-state index is 13.2. The Balaban J connectivity index is 2.62. The number of aromatic amines is 1. The number of hydrogen-bond acceptors (Lipinski definition) is 5. The number of nitrogens with one attached hydrogen (secondary N) is 2. The molecule has 0 unspecified atom stereocenters. The number of amides is 1. The van der Waals surface area contributed by atoms with E-state index in [1.807, 2.05) is 41.5 Å². The number of unbranched alkanes of at least 4 members (excludes halogenated alkanes) is 1. The van der Waals surface area contributed by atoms with E-state index >= 15 is 0 Å². The van der Waals surface area contributed by atoms with Crippen LogP contribution in [0.2, 0.25) is 0 Å². The average molecular weight is 519 g/mol.